The molecule has 0 atom stereocenters. The van der Waals surface area contributed by atoms with Gasteiger partial charge < -0.3 is 15.4 Å². The number of phenolic OH excluding ortho intramolecular Hbond substituents is 1. The zero-order chi connectivity index (χ0) is 15.0. The Morgan fingerprint density at radius 1 is 1.00 bits per heavy atom. The van der Waals surface area contributed by atoms with Gasteiger partial charge in [-0.15, -0.1) is 0 Å². The van der Waals surface area contributed by atoms with E-state index in [0.717, 1.165) is 18.2 Å². The van der Waals surface area contributed by atoms with Gasteiger partial charge in [0, 0.05) is 17.2 Å². The van der Waals surface area contributed by atoms with Crippen LogP contribution >= 0.6 is 0 Å². The first kappa shape index (κ1) is 13.0. The number of anilines is 1. The average Bonchev–Trinajstić information content (AvgIpc) is 2.90. The Kier molecular flexibility index (Phi) is 3.02. The highest BCUT2D eigenvalue weighted by molar-refractivity contribution is 5.65. The van der Waals surface area contributed by atoms with Crippen molar-refractivity contribution >= 4 is 5.69 Å². The number of hydrogen-bond donors (Lipinski definition) is 2. The van der Waals surface area contributed by atoms with Gasteiger partial charge in [0.2, 0.25) is 5.82 Å². The van der Waals surface area contributed by atoms with E-state index in [4.69, 9.17) is 10.3 Å². The molecule has 0 saturated heterocycles. The lowest BCUT2D eigenvalue weighted by Gasteiger charge is -1.99. The number of phenols is 1. The number of aromatic nitrogens is 2. The lowest BCUT2D eigenvalue weighted by molar-refractivity contribution is 0.431. The number of nitrogens with two attached hydrogens (primary N) is 1. The summed E-state index contributed by atoms with van der Waals surface area (Å²) in [6, 6.07) is 7.37. The summed E-state index contributed by atoms with van der Waals surface area (Å²) < 4.78 is 31.4. The minimum Gasteiger partial charge on any atom is -0.506 e. The third kappa shape index (κ3) is 2.53. The molecule has 0 bridgehead atoms. The van der Waals surface area contributed by atoms with Gasteiger partial charge in [-0.1, -0.05) is 5.16 Å². The minimum atomic E-state index is -0.735. The molecule has 0 amide bonds. The molecule has 3 rings (SSSR count). The maximum atomic E-state index is 13.2. The van der Waals surface area contributed by atoms with Gasteiger partial charge in [0.1, 0.15) is 17.4 Å². The van der Waals surface area contributed by atoms with Crippen LogP contribution in [0, 0.1) is 11.6 Å². The third-order valence-electron chi connectivity index (χ3n) is 2.82. The molecule has 1 aromatic heterocycles. The molecule has 106 valence electrons. The monoisotopic (exact) mass is 289 g/mol. The molecule has 21 heavy (non-hydrogen) atoms. The topological polar surface area (TPSA) is 85.2 Å². The first-order valence-electron chi connectivity index (χ1n) is 5.92. The zero-order valence-electron chi connectivity index (χ0n) is 10.5. The second kappa shape index (κ2) is 4.86. The molecule has 0 aliphatic carbocycles. The van der Waals surface area contributed by atoms with Crippen LogP contribution in [0.1, 0.15) is 0 Å². The Labute approximate surface area is 117 Å². The fourth-order valence-corrected chi connectivity index (χ4v) is 1.82. The van der Waals surface area contributed by atoms with Crippen LogP contribution in [-0.4, -0.2) is 15.2 Å². The molecule has 0 spiro atoms. The molecule has 0 unspecified atom stereocenters. The van der Waals surface area contributed by atoms with Crippen molar-refractivity contribution in [1.82, 2.24) is 10.1 Å². The fraction of sp³-hybridized carbons (Fsp3) is 0. The Hall–Kier alpha value is -2.96. The highest BCUT2D eigenvalue weighted by Gasteiger charge is 2.13. The van der Waals surface area contributed by atoms with Gasteiger partial charge >= 0.3 is 0 Å². The van der Waals surface area contributed by atoms with Gasteiger partial charge in [-0.3, -0.25) is 0 Å². The quantitative estimate of drug-likeness (QED) is 0.559. The van der Waals surface area contributed by atoms with Crippen molar-refractivity contribution in [2.24, 2.45) is 0 Å². The summed E-state index contributed by atoms with van der Waals surface area (Å²) in [6.07, 6.45) is 0. The van der Waals surface area contributed by atoms with E-state index in [1.165, 1.54) is 12.1 Å². The molecule has 0 radical (unpaired) electrons. The van der Waals surface area contributed by atoms with Gasteiger partial charge in [-0.25, -0.2) is 8.78 Å². The van der Waals surface area contributed by atoms with Crippen LogP contribution in [0.5, 0.6) is 5.75 Å². The Bertz CT molecular complexity index is 797. The van der Waals surface area contributed by atoms with E-state index >= 15 is 0 Å². The predicted molar refractivity (Wildman–Crippen MR) is 71.2 cm³/mol. The van der Waals surface area contributed by atoms with E-state index < -0.39 is 11.6 Å². The average molecular weight is 289 g/mol. The summed E-state index contributed by atoms with van der Waals surface area (Å²) in [7, 11) is 0. The molecular weight excluding hydrogens is 280 g/mol. The summed E-state index contributed by atoms with van der Waals surface area (Å²) >= 11 is 0. The summed E-state index contributed by atoms with van der Waals surface area (Å²) in [4.78, 5) is 4.04. The van der Waals surface area contributed by atoms with Crippen LogP contribution in [0.25, 0.3) is 22.8 Å². The van der Waals surface area contributed by atoms with Crippen molar-refractivity contribution < 1.29 is 18.4 Å². The molecule has 5 nitrogen and oxygen atoms in total. The van der Waals surface area contributed by atoms with Crippen LogP contribution in [0.4, 0.5) is 14.5 Å². The smallest absolute Gasteiger partial charge is 0.258 e. The maximum absolute atomic E-state index is 13.2. The Morgan fingerprint density at radius 2 is 1.71 bits per heavy atom. The van der Waals surface area contributed by atoms with Gasteiger partial charge in [0.25, 0.3) is 5.89 Å². The van der Waals surface area contributed by atoms with Crippen LogP contribution in [-0.2, 0) is 0 Å². The Balaban J connectivity index is 2.01. The van der Waals surface area contributed by atoms with E-state index in [1.807, 2.05) is 0 Å². The number of benzene rings is 2. The largest absolute Gasteiger partial charge is 0.506 e. The fourth-order valence-electron chi connectivity index (χ4n) is 1.82. The molecule has 3 aromatic rings. The number of hydrogen-bond acceptors (Lipinski definition) is 5. The number of nitrogens with zero attached hydrogens (tertiary/aromatic N) is 2. The van der Waals surface area contributed by atoms with Crippen molar-refractivity contribution in [1.29, 1.82) is 0 Å². The van der Waals surface area contributed by atoms with Gasteiger partial charge in [-0.2, -0.15) is 4.98 Å². The summed E-state index contributed by atoms with van der Waals surface area (Å²) in [5.41, 5.74) is 6.31. The van der Waals surface area contributed by atoms with E-state index in [2.05, 4.69) is 10.1 Å². The number of rotatable bonds is 2. The van der Waals surface area contributed by atoms with E-state index in [0.29, 0.717) is 5.56 Å². The SMILES string of the molecule is Nc1ccc(-c2nc(-c3cc(F)cc(F)c3)no2)cc1O. The molecular formula is C14H9F2N3O2. The Morgan fingerprint density at radius 3 is 2.38 bits per heavy atom. The highest BCUT2D eigenvalue weighted by Crippen LogP contribution is 2.28. The maximum Gasteiger partial charge on any atom is 0.258 e. The summed E-state index contributed by atoms with van der Waals surface area (Å²) in [6.45, 7) is 0. The second-order valence-electron chi connectivity index (χ2n) is 4.35. The van der Waals surface area contributed by atoms with Crippen molar-refractivity contribution in [3.63, 3.8) is 0 Å². The van der Waals surface area contributed by atoms with Crippen molar-refractivity contribution in [2.45, 2.75) is 0 Å². The minimum absolute atomic E-state index is 0.0414. The zero-order valence-corrected chi connectivity index (χ0v) is 10.5. The third-order valence-corrected chi connectivity index (χ3v) is 2.82. The normalized spacial score (nSPS) is 10.8. The number of aromatic hydroxyl groups is 1. The first-order valence-corrected chi connectivity index (χ1v) is 5.92. The van der Waals surface area contributed by atoms with Crippen molar-refractivity contribution in [3.05, 3.63) is 48.0 Å². The summed E-state index contributed by atoms with van der Waals surface area (Å²) in [5, 5.41) is 13.2. The highest BCUT2D eigenvalue weighted by atomic mass is 19.1. The number of halogens is 2. The van der Waals surface area contributed by atoms with Crippen molar-refractivity contribution in [3.8, 4) is 28.6 Å². The van der Waals surface area contributed by atoms with Crippen molar-refractivity contribution in [2.75, 3.05) is 5.73 Å². The van der Waals surface area contributed by atoms with Gasteiger partial charge in [-0.05, 0) is 30.3 Å². The first-order chi connectivity index (χ1) is 10.0. The van der Waals surface area contributed by atoms with E-state index in [1.54, 1.807) is 6.07 Å². The van der Waals surface area contributed by atoms with Crippen LogP contribution in [0.2, 0.25) is 0 Å². The van der Waals surface area contributed by atoms with E-state index in [9.17, 15) is 13.9 Å². The second-order valence-corrected chi connectivity index (χ2v) is 4.35. The number of nitrogen functional groups attached to an aromatic ring is 1. The van der Waals surface area contributed by atoms with Gasteiger partial charge in [0.05, 0.1) is 5.69 Å². The molecule has 0 aliphatic rings. The molecule has 0 saturated carbocycles. The molecule has 2 aromatic carbocycles. The molecule has 0 aliphatic heterocycles. The van der Waals surface area contributed by atoms with Crippen LogP contribution < -0.4 is 5.73 Å². The standard InChI is InChI=1S/C14H9F2N3O2/c15-9-3-8(4-10(16)6-9)13-18-14(21-19-13)7-1-2-11(17)12(20)5-7/h1-6,20H,17H2. The lowest BCUT2D eigenvalue weighted by Crippen LogP contribution is -1.87. The van der Waals surface area contributed by atoms with Gasteiger partial charge in [0.15, 0.2) is 0 Å². The molecule has 7 heteroatoms. The van der Waals surface area contributed by atoms with E-state index in [-0.39, 0.29) is 28.7 Å². The van der Waals surface area contributed by atoms with Crippen LogP contribution in [0.3, 0.4) is 0 Å². The lowest BCUT2D eigenvalue weighted by atomic mass is 10.2. The molecule has 3 N–H and O–H groups in total. The molecule has 0 fully saturated rings. The van der Waals surface area contributed by atoms with Crippen LogP contribution in [0.15, 0.2) is 40.9 Å². The predicted octanol–water partition coefficient (Wildman–Crippen LogP) is 2.97. The summed E-state index contributed by atoms with van der Waals surface area (Å²) in [5.74, 6) is -1.45. The molecule has 1 heterocycles.